The van der Waals surface area contributed by atoms with Gasteiger partial charge in [0.15, 0.2) is 4.32 Å². The monoisotopic (exact) mass is 388 g/mol. The third-order valence-electron chi connectivity index (χ3n) is 3.75. The van der Waals surface area contributed by atoms with Crippen LogP contribution < -0.4 is 10.0 Å². The summed E-state index contributed by atoms with van der Waals surface area (Å²) in [6.45, 7) is 1.86. The summed E-state index contributed by atoms with van der Waals surface area (Å²) in [6.07, 6.45) is 0. The molecule has 0 bridgehead atoms. The first kappa shape index (κ1) is 17.7. The number of carboxylic acid groups (broad SMARTS) is 1. The highest BCUT2D eigenvalue weighted by Gasteiger charge is 2.34. The lowest BCUT2D eigenvalue weighted by molar-refractivity contribution is -0.255. The maximum absolute atomic E-state index is 12.8. The summed E-state index contributed by atoms with van der Waals surface area (Å²) < 4.78 is 0.398. The van der Waals surface area contributed by atoms with Crippen molar-refractivity contribution in [1.82, 2.24) is 0 Å². The Balaban J connectivity index is 1.95. The fourth-order valence-electron chi connectivity index (χ4n) is 2.40. The van der Waals surface area contributed by atoms with Crippen LogP contribution in [0.4, 0.5) is 5.69 Å². The Morgan fingerprint density at radius 3 is 2.20 bits per heavy atom. The molecule has 0 atom stereocenters. The second-order valence-corrected chi connectivity index (χ2v) is 7.38. The van der Waals surface area contributed by atoms with Crippen LogP contribution in [-0.4, -0.2) is 16.2 Å². The van der Waals surface area contributed by atoms with E-state index in [2.05, 4.69) is 0 Å². The summed E-state index contributed by atoms with van der Waals surface area (Å²) in [5.41, 5.74) is 2.26. The number of amides is 1. The van der Waals surface area contributed by atoms with Gasteiger partial charge in [-0.15, -0.1) is 0 Å². The lowest BCUT2D eigenvalue weighted by Gasteiger charge is -2.15. The van der Waals surface area contributed by atoms with Gasteiger partial charge < -0.3 is 9.90 Å². The molecule has 126 valence electrons. The zero-order valence-electron chi connectivity index (χ0n) is 13.0. The number of nitrogens with zero attached hydrogens (tertiary/aromatic N) is 1. The summed E-state index contributed by atoms with van der Waals surface area (Å²) in [6, 6.07) is 13.1. The van der Waals surface area contributed by atoms with Crippen LogP contribution in [0.25, 0.3) is 5.57 Å². The molecule has 1 heterocycles. The van der Waals surface area contributed by atoms with Gasteiger partial charge in [-0.3, -0.25) is 9.69 Å². The quantitative estimate of drug-likeness (QED) is 0.595. The molecule has 7 heteroatoms. The number of aromatic carboxylic acids is 1. The van der Waals surface area contributed by atoms with Crippen molar-refractivity contribution in [1.29, 1.82) is 0 Å². The van der Waals surface area contributed by atoms with Crippen LogP contribution in [0.2, 0.25) is 5.02 Å². The number of halogens is 1. The van der Waals surface area contributed by atoms with Crippen LogP contribution in [0.5, 0.6) is 0 Å². The van der Waals surface area contributed by atoms with Crippen molar-refractivity contribution in [3.63, 3.8) is 0 Å². The largest absolute Gasteiger partial charge is 0.545 e. The van der Waals surface area contributed by atoms with E-state index in [-0.39, 0.29) is 11.5 Å². The fourth-order valence-corrected chi connectivity index (χ4v) is 3.87. The molecule has 0 aromatic heterocycles. The summed E-state index contributed by atoms with van der Waals surface area (Å²) >= 11 is 12.5. The number of thioether (sulfide) groups is 1. The Hall–Kier alpha value is -2.15. The van der Waals surface area contributed by atoms with Crippen molar-refractivity contribution in [2.24, 2.45) is 0 Å². The van der Waals surface area contributed by atoms with E-state index in [1.165, 1.54) is 40.9 Å². The van der Waals surface area contributed by atoms with E-state index in [1.54, 1.807) is 12.1 Å². The summed E-state index contributed by atoms with van der Waals surface area (Å²) in [5, 5.41) is 11.5. The standard InChI is InChI=1S/C18H12ClNO3S2/c1-10(11-2-6-13(19)7-3-11)15-16(21)20(18(24)25-15)14-8-4-12(5-9-14)17(22)23/h2-9H,1H3,(H,22,23)/p-1/b15-10-. The number of benzene rings is 2. The molecule has 2 aromatic carbocycles. The van der Waals surface area contributed by atoms with Gasteiger partial charge in [-0.1, -0.05) is 59.8 Å². The zero-order chi connectivity index (χ0) is 18.1. The first-order valence-corrected chi connectivity index (χ1v) is 8.83. The molecule has 1 amide bonds. The molecule has 3 rings (SSSR count). The van der Waals surface area contributed by atoms with Crippen molar-refractivity contribution in [3.8, 4) is 0 Å². The summed E-state index contributed by atoms with van der Waals surface area (Å²) in [7, 11) is 0. The number of carbonyl (C=O) groups excluding carboxylic acids is 2. The molecule has 1 fully saturated rings. The van der Waals surface area contributed by atoms with Crippen molar-refractivity contribution in [3.05, 3.63) is 69.6 Å². The van der Waals surface area contributed by atoms with E-state index < -0.39 is 5.97 Å². The zero-order valence-corrected chi connectivity index (χ0v) is 15.4. The van der Waals surface area contributed by atoms with E-state index in [0.717, 1.165) is 11.1 Å². The number of allylic oxidation sites excluding steroid dienone is 1. The SMILES string of the molecule is C/C(=C1/SC(=S)N(c2ccc(C(=O)[O-])cc2)C1=O)c1ccc(Cl)cc1. The maximum atomic E-state index is 12.8. The Labute approximate surface area is 159 Å². The summed E-state index contributed by atoms with van der Waals surface area (Å²) in [4.78, 5) is 25.6. The van der Waals surface area contributed by atoms with Crippen molar-refractivity contribution in [2.45, 2.75) is 6.92 Å². The second kappa shape index (κ2) is 7.00. The highest BCUT2D eigenvalue weighted by atomic mass is 35.5. The molecule has 0 saturated carbocycles. The van der Waals surface area contributed by atoms with Crippen molar-refractivity contribution < 1.29 is 14.7 Å². The number of hydrogen-bond acceptors (Lipinski definition) is 5. The number of carboxylic acids is 1. The number of anilines is 1. The predicted molar refractivity (Wildman–Crippen MR) is 102 cm³/mol. The van der Waals surface area contributed by atoms with E-state index >= 15 is 0 Å². The molecule has 25 heavy (non-hydrogen) atoms. The Bertz CT molecular complexity index is 905. The highest BCUT2D eigenvalue weighted by Crippen LogP contribution is 2.39. The van der Waals surface area contributed by atoms with Crippen LogP contribution in [0.1, 0.15) is 22.8 Å². The van der Waals surface area contributed by atoms with Crippen molar-refractivity contribution >= 4 is 63.0 Å². The van der Waals surface area contributed by atoms with Gasteiger partial charge in [0.25, 0.3) is 5.91 Å². The number of thiocarbonyl (C=S) groups is 1. The molecule has 0 spiro atoms. The lowest BCUT2D eigenvalue weighted by Crippen LogP contribution is -2.28. The Morgan fingerprint density at radius 1 is 1.08 bits per heavy atom. The molecule has 0 unspecified atom stereocenters. The Morgan fingerprint density at radius 2 is 1.64 bits per heavy atom. The van der Waals surface area contributed by atoms with E-state index in [0.29, 0.717) is 19.9 Å². The average Bonchev–Trinajstić information content (AvgIpc) is 2.89. The average molecular weight is 389 g/mol. The third-order valence-corrected chi connectivity index (χ3v) is 5.47. The first-order chi connectivity index (χ1) is 11.9. The van der Waals surface area contributed by atoms with E-state index in [9.17, 15) is 14.7 Å². The molecular weight excluding hydrogens is 378 g/mol. The van der Waals surface area contributed by atoms with Gasteiger partial charge in [0.05, 0.1) is 16.6 Å². The van der Waals surface area contributed by atoms with Gasteiger partial charge in [-0.2, -0.15) is 0 Å². The van der Waals surface area contributed by atoms with Crippen molar-refractivity contribution in [2.75, 3.05) is 4.90 Å². The van der Waals surface area contributed by atoms with Crippen LogP contribution in [0.3, 0.4) is 0 Å². The minimum absolute atomic E-state index is 0.0436. The molecular formula is C18H11ClNO3S2-. The molecule has 4 nitrogen and oxygen atoms in total. The highest BCUT2D eigenvalue weighted by molar-refractivity contribution is 8.27. The smallest absolute Gasteiger partial charge is 0.271 e. The van der Waals surface area contributed by atoms with Gasteiger partial charge in [-0.25, -0.2) is 0 Å². The molecule has 1 aliphatic rings. The molecule has 1 saturated heterocycles. The summed E-state index contributed by atoms with van der Waals surface area (Å²) in [5.74, 6) is -1.50. The van der Waals surface area contributed by atoms with Gasteiger partial charge in [0.1, 0.15) is 0 Å². The lowest BCUT2D eigenvalue weighted by atomic mass is 10.1. The van der Waals surface area contributed by atoms with Crippen LogP contribution in [-0.2, 0) is 4.79 Å². The molecule has 2 aromatic rings. The first-order valence-electron chi connectivity index (χ1n) is 7.23. The molecule has 0 aliphatic carbocycles. The van der Waals surface area contributed by atoms with Gasteiger partial charge in [0, 0.05) is 5.02 Å². The van der Waals surface area contributed by atoms with Gasteiger partial charge in [-0.05, 0) is 47.9 Å². The van der Waals surface area contributed by atoms with Crippen LogP contribution >= 0.6 is 35.6 Å². The Kier molecular flexibility index (Phi) is 4.94. The van der Waals surface area contributed by atoms with Gasteiger partial charge in [0.2, 0.25) is 0 Å². The number of carbonyl (C=O) groups is 2. The number of rotatable bonds is 3. The topological polar surface area (TPSA) is 60.4 Å². The minimum Gasteiger partial charge on any atom is -0.545 e. The third kappa shape index (κ3) is 3.46. The molecule has 0 radical (unpaired) electrons. The van der Waals surface area contributed by atoms with Crippen LogP contribution in [0, 0.1) is 0 Å². The number of hydrogen-bond donors (Lipinski definition) is 0. The van der Waals surface area contributed by atoms with E-state index in [1.807, 2.05) is 19.1 Å². The normalized spacial score (nSPS) is 16.3. The van der Waals surface area contributed by atoms with E-state index in [4.69, 9.17) is 23.8 Å². The van der Waals surface area contributed by atoms with Gasteiger partial charge >= 0.3 is 0 Å². The maximum Gasteiger partial charge on any atom is 0.271 e. The minimum atomic E-state index is -1.27. The van der Waals surface area contributed by atoms with Crippen LogP contribution in [0.15, 0.2) is 53.4 Å². The second-order valence-electron chi connectivity index (χ2n) is 5.30. The predicted octanol–water partition coefficient (Wildman–Crippen LogP) is 3.50. The molecule has 0 N–H and O–H groups in total. The molecule has 1 aliphatic heterocycles. The fraction of sp³-hybridized carbons (Fsp3) is 0.0556.